The molecule has 2 atom stereocenters. The van der Waals surface area contributed by atoms with Crippen molar-refractivity contribution < 1.29 is 23.1 Å². The predicted octanol–water partition coefficient (Wildman–Crippen LogP) is 0.711. The van der Waals surface area contributed by atoms with Gasteiger partial charge in [0.15, 0.2) is 0 Å². The molecule has 2 fully saturated rings. The van der Waals surface area contributed by atoms with Gasteiger partial charge in [-0.3, -0.25) is 9.59 Å². The number of hydrogen-bond donors (Lipinski definition) is 2. The Labute approximate surface area is 165 Å². The number of carbonyl (C=O) groups excluding carboxylic acids is 2. The molecule has 9 heteroatoms. The molecule has 0 unspecified atom stereocenters. The fraction of sp³-hybridized carbons (Fsp3) is 0.579. The molecule has 1 aromatic rings. The van der Waals surface area contributed by atoms with Crippen LogP contribution in [0.5, 0.6) is 0 Å². The molecular weight excluding hydrogens is 382 g/mol. The molecule has 2 heterocycles. The molecule has 0 aliphatic carbocycles. The number of nitrogens with one attached hydrogen (secondary N) is 1. The van der Waals surface area contributed by atoms with Crippen LogP contribution in [0.2, 0.25) is 0 Å². The largest absolute Gasteiger partial charge is 0.392 e. The van der Waals surface area contributed by atoms with Gasteiger partial charge >= 0.3 is 0 Å². The Balaban J connectivity index is 1.69. The third-order valence-electron chi connectivity index (χ3n) is 5.19. The van der Waals surface area contributed by atoms with E-state index in [0.717, 1.165) is 6.42 Å². The number of hydrogen-bond acceptors (Lipinski definition) is 5. The first-order valence-corrected chi connectivity index (χ1v) is 11.1. The highest BCUT2D eigenvalue weighted by atomic mass is 32.2. The Morgan fingerprint density at radius 2 is 1.96 bits per heavy atom. The highest BCUT2D eigenvalue weighted by Gasteiger charge is 2.33. The van der Waals surface area contributed by atoms with E-state index < -0.39 is 22.0 Å². The average molecular weight is 410 g/mol. The summed E-state index contributed by atoms with van der Waals surface area (Å²) in [5.41, 5.74) is 0.704. The number of benzene rings is 1. The van der Waals surface area contributed by atoms with Crippen molar-refractivity contribution in [2.45, 2.75) is 43.6 Å². The second-order valence-corrected chi connectivity index (χ2v) is 9.38. The number of aliphatic hydroxyl groups excluding tert-OH is 1. The lowest BCUT2D eigenvalue weighted by Gasteiger charge is -2.31. The van der Waals surface area contributed by atoms with Gasteiger partial charge in [0, 0.05) is 38.3 Å². The van der Waals surface area contributed by atoms with Crippen molar-refractivity contribution in [1.29, 1.82) is 0 Å². The van der Waals surface area contributed by atoms with Gasteiger partial charge in [0.05, 0.1) is 16.9 Å². The van der Waals surface area contributed by atoms with Crippen molar-refractivity contribution in [2.75, 3.05) is 31.1 Å². The second-order valence-electron chi connectivity index (χ2n) is 7.44. The average Bonchev–Trinajstić information content (AvgIpc) is 3.12. The van der Waals surface area contributed by atoms with Crippen LogP contribution in [0.25, 0.3) is 0 Å². The Morgan fingerprint density at radius 3 is 2.57 bits per heavy atom. The van der Waals surface area contributed by atoms with Gasteiger partial charge in [0.2, 0.25) is 21.8 Å². The summed E-state index contributed by atoms with van der Waals surface area (Å²) in [5, 5.41) is 12.0. The summed E-state index contributed by atoms with van der Waals surface area (Å²) in [5.74, 6) is -0.606. The number of sulfonamides is 1. The molecule has 2 aliphatic heterocycles. The van der Waals surface area contributed by atoms with E-state index in [2.05, 4.69) is 5.32 Å². The summed E-state index contributed by atoms with van der Waals surface area (Å²) in [6.45, 7) is 2.88. The van der Waals surface area contributed by atoms with Gasteiger partial charge in [-0.15, -0.1) is 0 Å². The highest BCUT2D eigenvalue weighted by Crippen LogP contribution is 2.27. The molecule has 1 aromatic carbocycles. The maximum Gasteiger partial charge on any atom is 0.243 e. The SMILES string of the molecule is C[C@@H](O)CNC(=O)[C@@H]1CCCN(S(=O)(=O)c2ccc(N3CCCC3=O)cc2)C1. The molecule has 0 saturated carbocycles. The lowest BCUT2D eigenvalue weighted by molar-refractivity contribution is -0.126. The smallest absolute Gasteiger partial charge is 0.243 e. The molecule has 3 rings (SSSR count). The van der Waals surface area contributed by atoms with Gasteiger partial charge in [-0.2, -0.15) is 4.31 Å². The Morgan fingerprint density at radius 1 is 1.25 bits per heavy atom. The summed E-state index contributed by atoms with van der Waals surface area (Å²) in [4.78, 5) is 25.9. The molecule has 8 nitrogen and oxygen atoms in total. The molecule has 2 N–H and O–H groups in total. The van der Waals surface area contributed by atoms with Gasteiger partial charge in [-0.25, -0.2) is 8.42 Å². The molecule has 154 valence electrons. The van der Waals surface area contributed by atoms with Crippen LogP contribution in [0.1, 0.15) is 32.6 Å². The van der Waals surface area contributed by atoms with E-state index in [-0.39, 0.29) is 29.8 Å². The normalized spacial score (nSPS) is 22.3. The molecule has 2 aliphatic rings. The first kappa shape index (κ1) is 20.8. The van der Waals surface area contributed by atoms with Crippen molar-refractivity contribution in [3.8, 4) is 0 Å². The number of rotatable bonds is 6. The standard InChI is InChI=1S/C19H27N3O5S/c1-14(23)12-20-19(25)15-4-2-10-21(13-15)28(26,27)17-8-6-16(7-9-17)22-11-3-5-18(22)24/h6-9,14-15,23H,2-5,10-13H2,1H3,(H,20,25)/t14-,15-/m1/s1. The molecule has 2 saturated heterocycles. The van der Waals surface area contributed by atoms with Crippen LogP contribution in [0.15, 0.2) is 29.2 Å². The first-order chi connectivity index (χ1) is 13.3. The van der Waals surface area contributed by atoms with Crippen LogP contribution in [-0.2, 0) is 19.6 Å². The van der Waals surface area contributed by atoms with Gasteiger partial charge in [0.25, 0.3) is 0 Å². The minimum atomic E-state index is -3.71. The van der Waals surface area contributed by atoms with Crippen LogP contribution in [-0.4, -0.2) is 61.9 Å². The number of aliphatic hydroxyl groups is 1. The Bertz CT molecular complexity index is 822. The van der Waals surface area contributed by atoms with Crippen LogP contribution < -0.4 is 10.2 Å². The van der Waals surface area contributed by atoms with Crippen molar-refractivity contribution >= 4 is 27.5 Å². The number of anilines is 1. The van der Waals surface area contributed by atoms with E-state index in [1.54, 1.807) is 24.0 Å². The van der Waals surface area contributed by atoms with E-state index in [4.69, 9.17) is 0 Å². The Hall–Kier alpha value is -1.97. The van der Waals surface area contributed by atoms with E-state index in [0.29, 0.717) is 38.0 Å². The van der Waals surface area contributed by atoms with Gasteiger partial charge in [0.1, 0.15) is 0 Å². The lowest BCUT2D eigenvalue weighted by Crippen LogP contribution is -2.46. The molecule has 0 bridgehead atoms. The third kappa shape index (κ3) is 4.53. The summed E-state index contributed by atoms with van der Waals surface area (Å²) in [6, 6.07) is 6.36. The molecule has 0 spiro atoms. The number of carbonyl (C=O) groups is 2. The predicted molar refractivity (Wildman–Crippen MR) is 104 cm³/mol. The quantitative estimate of drug-likeness (QED) is 0.720. The summed E-state index contributed by atoms with van der Waals surface area (Å²) in [7, 11) is -3.71. The molecule has 0 radical (unpaired) electrons. The third-order valence-corrected chi connectivity index (χ3v) is 7.07. The van der Waals surface area contributed by atoms with Crippen LogP contribution in [0.3, 0.4) is 0 Å². The maximum atomic E-state index is 13.0. The number of nitrogens with zero attached hydrogens (tertiary/aromatic N) is 2. The van der Waals surface area contributed by atoms with Gasteiger partial charge < -0.3 is 15.3 Å². The topological polar surface area (TPSA) is 107 Å². The molecular formula is C19H27N3O5S. The molecule has 0 aromatic heterocycles. The van der Waals surface area contributed by atoms with Crippen molar-refractivity contribution in [1.82, 2.24) is 9.62 Å². The van der Waals surface area contributed by atoms with E-state index >= 15 is 0 Å². The zero-order chi connectivity index (χ0) is 20.3. The van der Waals surface area contributed by atoms with E-state index in [1.165, 1.54) is 16.4 Å². The van der Waals surface area contributed by atoms with E-state index in [9.17, 15) is 23.1 Å². The monoisotopic (exact) mass is 409 g/mol. The first-order valence-electron chi connectivity index (χ1n) is 9.65. The Kier molecular flexibility index (Phi) is 6.36. The number of amides is 2. The van der Waals surface area contributed by atoms with Crippen LogP contribution in [0.4, 0.5) is 5.69 Å². The molecule has 2 amide bonds. The van der Waals surface area contributed by atoms with Gasteiger partial charge in [-0.05, 0) is 50.5 Å². The fourth-order valence-electron chi connectivity index (χ4n) is 3.64. The molecule has 28 heavy (non-hydrogen) atoms. The summed E-state index contributed by atoms with van der Waals surface area (Å²) >= 11 is 0. The lowest BCUT2D eigenvalue weighted by atomic mass is 9.99. The van der Waals surface area contributed by atoms with Crippen molar-refractivity contribution in [2.24, 2.45) is 5.92 Å². The minimum Gasteiger partial charge on any atom is -0.392 e. The number of piperidine rings is 1. The summed E-state index contributed by atoms with van der Waals surface area (Å²) in [6.07, 6.45) is 1.91. The highest BCUT2D eigenvalue weighted by molar-refractivity contribution is 7.89. The second kappa shape index (κ2) is 8.59. The fourth-order valence-corrected chi connectivity index (χ4v) is 5.16. The maximum absolute atomic E-state index is 13.0. The van der Waals surface area contributed by atoms with Crippen molar-refractivity contribution in [3.63, 3.8) is 0 Å². The van der Waals surface area contributed by atoms with E-state index in [1.807, 2.05) is 0 Å². The van der Waals surface area contributed by atoms with Gasteiger partial charge in [-0.1, -0.05) is 0 Å². The summed E-state index contributed by atoms with van der Waals surface area (Å²) < 4.78 is 27.3. The van der Waals surface area contributed by atoms with Crippen LogP contribution >= 0.6 is 0 Å². The zero-order valence-electron chi connectivity index (χ0n) is 16.0. The zero-order valence-corrected chi connectivity index (χ0v) is 16.8. The van der Waals surface area contributed by atoms with Crippen LogP contribution in [0, 0.1) is 5.92 Å². The minimum absolute atomic E-state index is 0.0534. The van der Waals surface area contributed by atoms with Crippen molar-refractivity contribution in [3.05, 3.63) is 24.3 Å².